The van der Waals surface area contributed by atoms with Gasteiger partial charge in [-0.15, -0.1) is 0 Å². The summed E-state index contributed by atoms with van der Waals surface area (Å²) in [5, 5.41) is 3.42. The molecule has 1 aromatic rings. The van der Waals surface area contributed by atoms with Crippen molar-refractivity contribution in [2.75, 3.05) is 17.6 Å². The molecule has 1 aromatic carbocycles. The Morgan fingerprint density at radius 3 is 2.40 bits per heavy atom. The number of hydrogen-bond donors (Lipinski definition) is 1. The molecule has 5 nitrogen and oxygen atoms in total. The maximum atomic E-state index is 12.4. The Kier molecular flexibility index (Phi) is 5.72. The summed E-state index contributed by atoms with van der Waals surface area (Å²) in [5.41, 5.74) is 2.18. The molecular formula is C19H24N2O3S. The first-order valence-corrected chi connectivity index (χ1v) is 9.13. The zero-order chi connectivity index (χ0) is 18.8. The standard InChI is InChI=1S/C19H24N2O3S/c1-12-7-6-8-13(2)18(12)20-15(23)10-21-16(24)11-25-17(21)9-14(22)19(3,4)5/h6-9H,10-11H2,1-5H3,(H,20,23)/b17-9-. The molecule has 25 heavy (non-hydrogen) atoms. The molecule has 0 spiro atoms. The number of carbonyl (C=O) groups is 3. The number of thioether (sulfide) groups is 1. The molecule has 1 fully saturated rings. The van der Waals surface area contributed by atoms with Crippen molar-refractivity contribution < 1.29 is 14.4 Å². The molecule has 1 saturated heterocycles. The van der Waals surface area contributed by atoms with Crippen LogP contribution in [-0.2, 0) is 14.4 Å². The van der Waals surface area contributed by atoms with Crippen LogP contribution in [0, 0.1) is 19.3 Å². The van der Waals surface area contributed by atoms with Gasteiger partial charge in [0.05, 0.1) is 10.8 Å². The molecule has 0 aliphatic carbocycles. The van der Waals surface area contributed by atoms with E-state index in [1.165, 1.54) is 22.7 Å². The minimum atomic E-state index is -0.522. The largest absolute Gasteiger partial charge is 0.324 e. The van der Waals surface area contributed by atoms with Gasteiger partial charge in [-0.1, -0.05) is 50.7 Å². The summed E-state index contributed by atoms with van der Waals surface area (Å²) in [4.78, 5) is 38.1. The Morgan fingerprint density at radius 1 is 1.24 bits per heavy atom. The Hall–Kier alpha value is -2.08. The number of ketones is 1. The number of carbonyl (C=O) groups excluding carboxylic acids is 3. The van der Waals surface area contributed by atoms with Crippen molar-refractivity contribution in [2.45, 2.75) is 34.6 Å². The smallest absolute Gasteiger partial charge is 0.244 e. The van der Waals surface area contributed by atoms with Crippen molar-refractivity contribution in [3.05, 3.63) is 40.4 Å². The van der Waals surface area contributed by atoms with Crippen LogP contribution in [0.5, 0.6) is 0 Å². The normalized spacial score (nSPS) is 16.4. The Labute approximate surface area is 152 Å². The quantitative estimate of drug-likeness (QED) is 0.837. The summed E-state index contributed by atoms with van der Waals surface area (Å²) in [6.07, 6.45) is 1.47. The number of rotatable bonds is 4. The molecule has 1 heterocycles. The zero-order valence-electron chi connectivity index (χ0n) is 15.3. The fourth-order valence-electron chi connectivity index (χ4n) is 2.36. The Morgan fingerprint density at radius 2 is 1.84 bits per heavy atom. The fourth-order valence-corrected chi connectivity index (χ4v) is 3.30. The van der Waals surface area contributed by atoms with Crippen LogP contribution in [-0.4, -0.2) is 34.8 Å². The van der Waals surface area contributed by atoms with E-state index in [4.69, 9.17) is 0 Å². The molecule has 0 unspecified atom stereocenters. The number of benzene rings is 1. The van der Waals surface area contributed by atoms with E-state index in [1.807, 2.05) is 52.8 Å². The monoisotopic (exact) mass is 360 g/mol. The van der Waals surface area contributed by atoms with Crippen LogP contribution >= 0.6 is 11.8 Å². The number of para-hydroxylation sites is 1. The van der Waals surface area contributed by atoms with E-state index in [0.29, 0.717) is 5.03 Å². The van der Waals surface area contributed by atoms with Crippen molar-refractivity contribution >= 4 is 35.0 Å². The Balaban J connectivity index is 2.14. The highest BCUT2D eigenvalue weighted by molar-refractivity contribution is 8.04. The van der Waals surface area contributed by atoms with Gasteiger partial charge in [0.25, 0.3) is 0 Å². The lowest BCUT2D eigenvalue weighted by Crippen LogP contribution is -2.34. The lowest BCUT2D eigenvalue weighted by atomic mass is 9.91. The van der Waals surface area contributed by atoms with E-state index in [1.54, 1.807) is 0 Å². The molecule has 0 aromatic heterocycles. The molecule has 1 N–H and O–H groups in total. The summed E-state index contributed by atoms with van der Waals surface area (Å²) in [7, 11) is 0. The predicted molar refractivity (Wildman–Crippen MR) is 101 cm³/mol. The number of amides is 2. The van der Waals surface area contributed by atoms with Gasteiger partial charge in [-0.25, -0.2) is 0 Å². The molecule has 0 atom stereocenters. The van der Waals surface area contributed by atoms with Gasteiger partial charge in [-0.2, -0.15) is 0 Å². The highest BCUT2D eigenvalue weighted by Crippen LogP contribution is 2.30. The van der Waals surface area contributed by atoms with Crippen LogP contribution in [0.4, 0.5) is 5.69 Å². The van der Waals surface area contributed by atoms with Gasteiger partial charge in [0.15, 0.2) is 5.78 Å². The van der Waals surface area contributed by atoms with Gasteiger partial charge in [0, 0.05) is 17.2 Å². The summed E-state index contributed by atoms with van der Waals surface area (Å²) >= 11 is 1.29. The fraction of sp³-hybridized carbons (Fsp3) is 0.421. The third kappa shape index (κ3) is 4.72. The van der Waals surface area contributed by atoms with Gasteiger partial charge in [0.1, 0.15) is 6.54 Å². The average molecular weight is 360 g/mol. The van der Waals surface area contributed by atoms with E-state index in [2.05, 4.69) is 5.32 Å². The Bertz CT molecular complexity index is 727. The van der Waals surface area contributed by atoms with Gasteiger partial charge in [-0.3, -0.25) is 19.3 Å². The van der Waals surface area contributed by atoms with E-state index < -0.39 is 5.41 Å². The lowest BCUT2D eigenvalue weighted by molar-refractivity contribution is -0.129. The summed E-state index contributed by atoms with van der Waals surface area (Å²) < 4.78 is 0. The SMILES string of the molecule is Cc1cccc(C)c1NC(=O)CN1C(=O)CS/C1=C\C(=O)C(C)(C)C. The zero-order valence-corrected chi connectivity index (χ0v) is 16.1. The highest BCUT2D eigenvalue weighted by Gasteiger charge is 2.30. The molecule has 0 saturated carbocycles. The highest BCUT2D eigenvalue weighted by atomic mass is 32.2. The summed E-state index contributed by atoms with van der Waals surface area (Å²) in [6, 6.07) is 5.78. The maximum Gasteiger partial charge on any atom is 0.244 e. The molecule has 2 rings (SSSR count). The second kappa shape index (κ2) is 7.44. The third-order valence-electron chi connectivity index (χ3n) is 3.95. The molecule has 1 aliphatic rings. The molecule has 0 bridgehead atoms. The van der Waals surface area contributed by atoms with Crippen LogP contribution < -0.4 is 5.32 Å². The number of nitrogens with one attached hydrogen (secondary N) is 1. The van der Waals surface area contributed by atoms with Crippen molar-refractivity contribution in [1.82, 2.24) is 4.90 Å². The maximum absolute atomic E-state index is 12.4. The van der Waals surface area contributed by atoms with Gasteiger partial charge < -0.3 is 5.32 Å². The minimum Gasteiger partial charge on any atom is -0.324 e. The number of allylic oxidation sites excluding steroid dienone is 1. The minimum absolute atomic E-state index is 0.0649. The van der Waals surface area contributed by atoms with Crippen molar-refractivity contribution in [1.29, 1.82) is 0 Å². The first kappa shape index (κ1) is 19.2. The van der Waals surface area contributed by atoms with Gasteiger partial charge in [-0.05, 0) is 25.0 Å². The first-order chi connectivity index (χ1) is 11.6. The van der Waals surface area contributed by atoms with Gasteiger partial charge >= 0.3 is 0 Å². The molecule has 2 amide bonds. The number of nitrogens with zero attached hydrogens (tertiary/aromatic N) is 1. The number of anilines is 1. The molecule has 1 aliphatic heterocycles. The molecular weight excluding hydrogens is 336 g/mol. The average Bonchev–Trinajstić information content (AvgIpc) is 2.83. The molecule has 6 heteroatoms. The summed E-state index contributed by atoms with van der Waals surface area (Å²) in [6.45, 7) is 9.23. The van der Waals surface area contributed by atoms with Crippen molar-refractivity contribution in [3.63, 3.8) is 0 Å². The number of hydrogen-bond acceptors (Lipinski definition) is 4. The third-order valence-corrected chi connectivity index (χ3v) is 4.98. The number of aryl methyl sites for hydroxylation is 2. The van der Waals surface area contributed by atoms with Crippen molar-refractivity contribution in [3.8, 4) is 0 Å². The van der Waals surface area contributed by atoms with E-state index in [-0.39, 0.29) is 29.9 Å². The summed E-state index contributed by atoms with van der Waals surface area (Å²) in [5.74, 6) is -0.248. The van der Waals surface area contributed by atoms with E-state index >= 15 is 0 Å². The topological polar surface area (TPSA) is 66.5 Å². The second-order valence-corrected chi connectivity index (χ2v) is 8.18. The van der Waals surface area contributed by atoms with Crippen LogP contribution in [0.3, 0.4) is 0 Å². The predicted octanol–water partition coefficient (Wildman–Crippen LogP) is 3.27. The van der Waals surface area contributed by atoms with Crippen LogP contribution in [0.25, 0.3) is 0 Å². The lowest BCUT2D eigenvalue weighted by Gasteiger charge is -2.19. The molecule has 0 radical (unpaired) electrons. The van der Waals surface area contributed by atoms with Crippen molar-refractivity contribution in [2.24, 2.45) is 5.41 Å². The van der Waals surface area contributed by atoms with Gasteiger partial charge in [0.2, 0.25) is 11.8 Å². The first-order valence-electron chi connectivity index (χ1n) is 8.15. The van der Waals surface area contributed by atoms with E-state index in [9.17, 15) is 14.4 Å². The van der Waals surface area contributed by atoms with Crippen LogP contribution in [0.1, 0.15) is 31.9 Å². The molecule has 134 valence electrons. The van der Waals surface area contributed by atoms with E-state index in [0.717, 1.165) is 16.8 Å². The van der Waals surface area contributed by atoms with Crippen LogP contribution in [0.2, 0.25) is 0 Å². The van der Waals surface area contributed by atoms with Crippen LogP contribution in [0.15, 0.2) is 29.3 Å². The second-order valence-electron chi connectivity index (χ2n) is 7.18.